The Balaban J connectivity index is 0.000000321. The minimum absolute atomic E-state index is 0.201. The number of aromatic nitrogens is 1. The number of anilines is 1. The number of carbonyl (C=O) groups is 2. The minimum atomic E-state index is -5.08. The number of carboxylic acids is 1. The summed E-state index contributed by atoms with van der Waals surface area (Å²) in [7, 11) is 0. The number of ether oxygens (including phenoxy) is 2. The molecule has 2 heterocycles. The summed E-state index contributed by atoms with van der Waals surface area (Å²) < 4.78 is 42.6. The Morgan fingerprint density at radius 3 is 2.30 bits per heavy atom. The van der Waals surface area contributed by atoms with E-state index in [1.807, 2.05) is 19.1 Å². The zero-order chi connectivity index (χ0) is 20.0. The Labute approximate surface area is 151 Å². The number of nitrogens with one attached hydrogen (secondary N) is 1. The summed E-state index contributed by atoms with van der Waals surface area (Å²) in [5, 5.41) is 9.92. The number of carboxylic acid groups (broad SMARTS) is 1. The summed E-state index contributed by atoms with van der Waals surface area (Å²) in [6.45, 7) is 2.93. The van der Waals surface area contributed by atoms with Gasteiger partial charge in [0.05, 0.1) is 11.9 Å². The van der Waals surface area contributed by atoms with Crippen molar-refractivity contribution in [3.63, 3.8) is 0 Å². The van der Waals surface area contributed by atoms with Crippen molar-refractivity contribution in [1.29, 1.82) is 0 Å². The maximum atomic E-state index is 12.1. The van der Waals surface area contributed by atoms with Gasteiger partial charge in [0.1, 0.15) is 13.2 Å². The van der Waals surface area contributed by atoms with E-state index in [1.165, 1.54) is 0 Å². The highest BCUT2D eigenvalue weighted by molar-refractivity contribution is 6.04. The van der Waals surface area contributed by atoms with Gasteiger partial charge in [-0.15, -0.1) is 0 Å². The third-order valence-corrected chi connectivity index (χ3v) is 3.22. The van der Waals surface area contributed by atoms with Crippen LogP contribution in [0.2, 0.25) is 0 Å². The smallest absolute Gasteiger partial charge is 0.486 e. The molecular formula is C17H15F3N2O5. The topological polar surface area (TPSA) is 97.8 Å². The standard InChI is InChI=1S/C15H14N2O3.C2HF3O2/c1-10-2-4-12(9-16-10)17-15(18)11-3-5-13-14(8-11)20-7-6-19-13;3-2(4,5)1(6)7/h2-5,8-9H,6-7H2,1H3,(H,17,18);(H,6,7). The van der Waals surface area contributed by atoms with Crippen LogP contribution in [0, 0.1) is 6.92 Å². The molecule has 1 aliphatic heterocycles. The molecule has 0 saturated heterocycles. The highest BCUT2D eigenvalue weighted by Gasteiger charge is 2.38. The largest absolute Gasteiger partial charge is 0.490 e. The van der Waals surface area contributed by atoms with Gasteiger partial charge in [0.15, 0.2) is 11.5 Å². The fraction of sp³-hybridized carbons (Fsp3) is 0.235. The Bertz CT molecular complexity index is 822. The first kappa shape index (κ1) is 20.0. The number of nitrogens with zero attached hydrogens (tertiary/aromatic N) is 1. The molecule has 7 nitrogen and oxygen atoms in total. The van der Waals surface area contributed by atoms with Crippen LogP contribution in [-0.2, 0) is 4.79 Å². The van der Waals surface area contributed by atoms with Crippen LogP contribution in [0.5, 0.6) is 11.5 Å². The van der Waals surface area contributed by atoms with E-state index in [4.69, 9.17) is 19.4 Å². The maximum Gasteiger partial charge on any atom is 0.490 e. The van der Waals surface area contributed by atoms with Gasteiger partial charge in [-0.1, -0.05) is 0 Å². The molecule has 3 rings (SSSR count). The van der Waals surface area contributed by atoms with Crippen LogP contribution in [0.25, 0.3) is 0 Å². The lowest BCUT2D eigenvalue weighted by Gasteiger charge is -2.18. The number of hydrogen-bond acceptors (Lipinski definition) is 5. The fourth-order valence-electron chi connectivity index (χ4n) is 1.93. The van der Waals surface area contributed by atoms with E-state index >= 15 is 0 Å². The second-order valence-electron chi connectivity index (χ2n) is 5.30. The SMILES string of the molecule is Cc1ccc(NC(=O)c2ccc3c(c2)OCCO3)cn1.O=C(O)C(F)(F)F. The van der Waals surface area contributed by atoms with Crippen molar-refractivity contribution in [1.82, 2.24) is 4.98 Å². The average molecular weight is 384 g/mol. The van der Waals surface area contributed by atoms with Gasteiger partial charge in [0, 0.05) is 11.3 Å². The number of carbonyl (C=O) groups excluding carboxylic acids is 1. The van der Waals surface area contributed by atoms with Crippen LogP contribution in [0.15, 0.2) is 36.5 Å². The molecule has 0 fully saturated rings. The Morgan fingerprint density at radius 1 is 1.11 bits per heavy atom. The van der Waals surface area contributed by atoms with Gasteiger partial charge in [-0.2, -0.15) is 13.2 Å². The zero-order valence-electron chi connectivity index (χ0n) is 14.0. The molecule has 0 bridgehead atoms. The summed E-state index contributed by atoms with van der Waals surface area (Å²) in [6.07, 6.45) is -3.45. The lowest BCUT2D eigenvalue weighted by Crippen LogP contribution is -2.21. The van der Waals surface area contributed by atoms with Gasteiger partial charge in [-0.3, -0.25) is 9.78 Å². The lowest BCUT2D eigenvalue weighted by atomic mass is 10.1. The van der Waals surface area contributed by atoms with Crippen molar-refractivity contribution in [3.05, 3.63) is 47.8 Å². The predicted molar refractivity (Wildman–Crippen MR) is 88.1 cm³/mol. The molecule has 1 amide bonds. The molecule has 27 heavy (non-hydrogen) atoms. The molecule has 0 saturated carbocycles. The number of aliphatic carboxylic acids is 1. The lowest BCUT2D eigenvalue weighted by molar-refractivity contribution is -0.192. The molecule has 0 aliphatic carbocycles. The minimum Gasteiger partial charge on any atom is -0.486 e. The number of rotatable bonds is 2. The zero-order valence-corrected chi connectivity index (χ0v) is 14.0. The third kappa shape index (κ3) is 5.87. The van der Waals surface area contributed by atoms with Gasteiger partial charge < -0.3 is 19.9 Å². The molecule has 0 radical (unpaired) electrons. The number of fused-ring (bicyclic) bond motifs is 1. The first-order valence-corrected chi connectivity index (χ1v) is 7.60. The van der Waals surface area contributed by atoms with E-state index in [0.717, 1.165) is 5.69 Å². The second kappa shape index (κ2) is 8.39. The molecule has 2 N–H and O–H groups in total. The van der Waals surface area contributed by atoms with E-state index in [9.17, 15) is 18.0 Å². The Morgan fingerprint density at radius 2 is 1.74 bits per heavy atom. The highest BCUT2D eigenvalue weighted by atomic mass is 19.4. The molecule has 10 heteroatoms. The molecule has 2 aromatic rings. The number of hydrogen-bond donors (Lipinski definition) is 2. The molecule has 1 aromatic carbocycles. The van der Waals surface area contributed by atoms with Gasteiger partial charge >= 0.3 is 12.1 Å². The monoisotopic (exact) mass is 384 g/mol. The maximum absolute atomic E-state index is 12.1. The van der Waals surface area contributed by atoms with Crippen LogP contribution in [0.1, 0.15) is 16.1 Å². The van der Waals surface area contributed by atoms with Crippen LogP contribution in [0.3, 0.4) is 0 Å². The predicted octanol–water partition coefficient (Wildman–Crippen LogP) is 3.05. The van der Waals surface area contributed by atoms with Crippen molar-refractivity contribution in [3.8, 4) is 11.5 Å². The second-order valence-corrected chi connectivity index (χ2v) is 5.30. The fourth-order valence-corrected chi connectivity index (χ4v) is 1.93. The first-order chi connectivity index (χ1) is 12.7. The molecule has 0 unspecified atom stereocenters. The Hall–Kier alpha value is -3.30. The molecule has 0 atom stereocenters. The van der Waals surface area contributed by atoms with E-state index in [1.54, 1.807) is 24.4 Å². The van der Waals surface area contributed by atoms with Crippen LogP contribution < -0.4 is 14.8 Å². The number of amides is 1. The molecule has 1 aromatic heterocycles. The number of alkyl halides is 3. The first-order valence-electron chi connectivity index (χ1n) is 7.60. The van der Waals surface area contributed by atoms with E-state index in [2.05, 4.69) is 10.3 Å². The normalized spacial score (nSPS) is 12.4. The van der Waals surface area contributed by atoms with Crippen LogP contribution in [0.4, 0.5) is 18.9 Å². The summed E-state index contributed by atoms with van der Waals surface area (Å²) in [5.41, 5.74) is 2.09. The highest BCUT2D eigenvalue weighted by Crippen LogP contribution is 2.30. The van der Waals surface area contributed by atoms with Crippen LogP contribution >= 0.6 is 0 Å². The van der Waals surface area contributed by atoms with Gasteiger partial charge in [-0.25, -0.2) is 4.79 Å². The van der Waals surface area contributed by atoms with E-state index < -0.39 is 12.1 Å². The van der Waals surface area contributed by atoms with Gasteiger partial charge in [0.25, 0.3) is 5.91 Å². The molecular weight excluding hydrogens is 369 g/mol. The van der Waals surface area contributed by atoms with Crippen molar-refractivity contribution in [2.75, 3.05) is 18.5 Å². The summed E-state index contributed by atoms with van der Waals surface area (Å²) in [6, 6.07) is 8.81. The van der Waals surface area contributed by atoms with Crippen molar-refractivity contribution < 1.29 is 37.3 Å². The van der Waals surface area contributed by atoms with Crippen LogP contribution in [-0.4, -0.2) is 41.4 Å². The number of benzene rings is 1. The number of pyridine rings is 1. The van der Waals surface area contributed by atoms with Crippen molar-refractivity contribution in [2.45, 2.75) is 13.1 Å². The average Bonchev–Trinajstić information content (AvgIpc) is 2.63. The van der Waals surface area contributed by atoms with Gasteiger partial charge in [0.2, 0.25) is 0 Å². The van der Waals surface area contributed by atoms with Crippen molar-refractivity contribution in [2.24, 2.45) is 0 Å². The van der Waals surface area contributed by atoms with Crippen molar-refractivity contribution >= 4 is 17.6 Å². The van der Waals surface area contributed by atoms with E-state index in [0.29, 0.717) is 36.0 Å². The third-order valence-electron chi connectivity index (χ3n) is 3.22. The number of halogens is 3. The molecule has 0 spiro atoms. The number of aryl methyl sites for hydroxylation is 1. The quantitative estimate of drug-likeness (QED) is 0.826. The summed E-state index contributed by atoms with van der Waals surface area (Å²) >= 11 is 0. The van der Waals surface area contributed by atoms with Gasteiger partial charge in [-0.05, 0) is 37.3 Å². The van der Waals surface area contributed by atoms with E-state index in [-0.39, 0.29) is 5.91 Å². The summed E-state index contributed by atoms with van der Waals surface area (Å²) in [5.74, 6) is -1.68. The Kier molecular flexibility index (Phi) is 6.22. The molecule has 144 valence electrons. The molecule has 1 aliphatic rings. The summed E-state index contributed by atoms with van der Waals surface area (Å²) in [4.78, 5) is 25.2.